The molecule has 0 saturated heterocycles. The minimum Gasteiger partial charge on any atom is -0.247 e. The van der Waals surface area contributed by atoms with E-state index in [4.69, 9.17) is 0 Å². The predicted octanol–water partition coefficient (Wildman–Crippen LogP) is 0.768. The Hall–Kier alpha value is -1.38. The Morgan fingerprint density at radius 3 is 2.73 bits per heavy atom. The van der Waals surface area contributed by atoms with Crippen LogP contribution in [0.1, 0.15) is 12.5 Å². The average molecular weight is 151 g/mol. The van der Waals surface area contributed by atoms with Gasteiger partial charge >= 0.3 is 5.91 Å². The SMILES string of the molecule is CC(=O)Nc1ccc(C)c[nH+]1. The molecule has 0 bridgehead atoms. The minimum absolute atomic E-state index is 0.0647. The molecule has 0 unspecified atom stereocenters. The van der Waals surface area contributed by atoms with Crippen LogP contribution in [0.2, 0.25) is 0 Å². The number of aryl methyl sites for hydroxylation is 1. The van der Waals surface area contributed by atoms with Gasteiger partial charge in [0.1, 0.15) is 0 Å². The summed E-state index contributed by atoms with van der Waals surface area (Å²) >= 11 is 0. The Bertz CT molecular complexity index is 253. The van der Waals surface area contributed by atoms with Gasteiger partial charge in [0, 0.05) is 13.0 Å². The molecular formula is C8H11N2O+. The van der Waals surface area contributed by atoms with E-state index in [0.29, 0.717) is 0 Å². The highest BCUT2D eigenvalue weighted by atomic mass is 16.1. The summed E-state index contributed by atoms with van der Waals surface area (Å²) < 4.78 is 0. The maximum atomic E-state index is 10.6. The topological polar surface area (TPSA) is 43.2 Å². The average Bonchev–Trinajstić information content (AvgIpc) is 1.93. The number of rotatable bonds is 1. The highest BCUT2D eigenvalue weighted by Crippen LogP contribution is 1.97. The van der Waals surface area contributed by atoms with Gasteiger partial charge in [0.25, 0.3) is 5.82 Å². The summed E-state index contributed by atoms with van der Waals surface area (Å²) in [5, 5.41) is 2.64. The maximum Gasteiger partial charge on any atom is 0.304 e. The molecule has 1 aromatic rings. The molecule has 1 amide bonds. The number of carbonyl (C=O) groups is 1. The quantitative estimate of drug-likeness (QED) is 0.633. The van der Waals surface area contributed by atoms with Crippen molar-refractivity contribution in [2.75, 3.05) is 5.32 Å². The van der Waals surface area contributed by atoms with Crippen LogP contribution in [0, 0.1) is 6.92 Å². The molecule has 3 nitrogen and oxygen atoms in total. The zero-order valence-corrected chi connectivity index (χ0v) is 6.64. The van der Waals surface area contributed by atoms with Crippen LogP contribution < -0.4 is 10.3 Å². The number of H-pyrrole nitrogens is 1. The van der Waals surface area contributed by atoms with E-state index in [1.807, 2.05) is 25.3 Å². The van der Waals surface area contributed by atoms with E-state index >= 15 is 0 Å². The van der Waals surface area contributed by atoms with Gasteiger partial charge in [0.2, 0.25) is 0 Å². The van der Waals surface area contributed by atoms with Crippen molar-refractivity contribution in [3.63, 3.8) is 0 Å². The molecule has 0 spiro atoms. The molecule has 0 aliphatic heterocycles. The standard InChI is InChI=1S/C8H10N2O/c1-6-3-4-8(9-5-6)10-7(2)11/h3-5H,1-2H3,(H,9,10,11)/p+1. The van der Waals surface area contributed by atoms with Gasteiger partial charge in [-0.3, -0.25) is 0 Å². The van der Waals surface area contributed by atoms with Crippen LogP contribution in [0.4, 0.5) is 5.82 Å². The third kappa shape index (κ3) is 2.37. The fourth-order valence-corrected chi connectivity index (χ4v) is 0.770. The van der Waals surface area contributed by atoms with Crippen LogP contribution in [-0.4, -0.2) is 5.91 Å². The first-order chi connectivity index (χ1) is 5.18. The summed E-state index contributed by atoms with van der Waals surface area (Å²) in [5.74, 6) is 0.660. The van der Waals surface area contributed by atoms with Crippen molar-refractivity contribution in [2.24, 2.45) is 0 Å². The first kappa shape index (κ1) is 7.72. The van der Waals surface area contributed by atoms with Crippen LogP contribution in [0.25, 0.3) is 0 Å². The third-order valence-electron chi connectivity index (χ3n) is 1.28. The maximum absolute atomic E-state index is 10.6. The van der Waals surface area contributed by atoms with E-state index in [1.165, 1.54) is 6.92 Å². The Balaban J connectivity index is 2.74. The summed E-state index contributed by atoms with van der Waals surface area (Å²) in [4.78, 5) is 13.5. The number of hydrogen-bond acceptors (Lipinski definition) is 1. The lowest BCUT2D eigenvalue weighted by Crippen LogP contribution is -2.16. The zero-order valence-electron chi connectivity index (χ0n) is 6.64. The predicted molar refractivity (Wildman–Crippen MR) is 42.0 cm³/mol. The van der Waals surface area contributed by atoms with Crippen molar-refractivity contribution in [2.45, 2.75) is 13.8 Å². The second-order valence-corrected chi connectivity index (χ2v) is 2.46. The molecule has 0 aliphatic carbocycles. The Morgan fingerprint density at radius 1 is 1.55 bits per heavy atom. The molecule has 2 N–H and O–H groups in total. The smallest absolute Gasteiger partial charge is 0.247 e. The summed E-state index contributed by atoms with van der Waals surface area (Å²) in [6.07, 6.45) is 1.84. The van der Waals surface area contributed by atoms with Crippen molar-refractivity contribution < 1.29 is 9.78 Å². The lowest BCUT2D eigenvalue weighted by atomic mass is 10.3. The van der Waals surface area contributed by atoms with Crippen LogP contribution in [-0.2, 0) is 4.79 Å². The summed E-state index contributed by atoms with van der Waals surface area (Å²) in [6.45, 7) is 3.46. The van der Waals surface area contributed by atoms with E-state index in [-0.39, 0.29) is 5.91 Å². The number of aromatic amines is 1. The Labute approximate surface area is 65.5 Å². The lowest BCUT2D eigenvalue weighted by molar-refractivity contribution is -0.361. The molecule has 0 aliphatic rings. The fourth-order valence-electron chi connectivity index (χ4n) is 0.770. The van der Waals surface area contributed by atoms with Crippen LogP contribution >= 0.6 is 0 Å². The van der Waals surface area contributed by atoms with Gasteiger partial charge < -0.3 is 0 Å². The Kier molecular flexibility index (Phi) is 2.21. The number of aromatic nitrogens is 1. The van der Waals surface area contributed by atoms with E-state index in [9.17, 15) is 4.79 Å². The van der Waals surface area contributed by atoms with Gasteiger partial charge in [-0.25, -0.2) is 15.1 Å². The molecular weight excluding hydrogens is 140 g/mol. The fraction of sp³-hybridized carbons (Fsp3) is 0.250. The number of carbonyl (C=O) groups excluding carboxylic acids is 1. The molecule has 58 valence electrons. The molecule has 0 atom stereocenters. The molecule has 0 saturated carbocycles. The van der Waals surface area contributed by atoms with Crippen LogP contribution in [0.15, 0.2) is 18.3 Å². The number of nitrogens with one attached hydrogen (secondary N) is 2. The molecule has 0 radical (unpaired) electrons. The first-order valence-electron chi connectivity index (χ1n) is 3.44. The lowest BCUT2D eigenvalue weighted by Gasteiger charge is -1.92. The van der Waals surface area contributed by atoms with Crippen molar-refractivity contribution in [3.05, 3.63) is 23.9 Å². The van der Waals surface area contributed by atoms with Gasteiger partial charge in [-0.15, -0.1) is 0 Å². The molecule has 1 heterocycles. The minimum atomic E-state index is -0.0647. The Morgan fingerprint density at radius 2 is 2.27 bits per heavy atom. The largest absolute Gasteiger partial charge is 0.304 e. The molecule has 0 fully saturated rings. The molecule has 1 aromatic heterocycles. The highest BCUT2D eigenvalue weighted by Gasteiger charge is 2.01. The van der Waals surface area contributed by atoms with E-state index in [1.54, 1.807) is 0 Å². The normalized spacial score (nSPS) is 9.27. The van der Waals surface area contributed by atoms with Crippen molar-refractivity contribution in [1.82, 2.24) is 0 Å². The monoisotopic (exact) mass is 151 g/mol. The van der Waals surface area contributed by atoms with Crippen LogP contribution in [0.5, 0.6) is 0 Å². The van der Waals surface area contributed by atoms with Gasteiger partial charge in [-0.2, -0.15) is 0 Å². The van der Waals surface area contributed by atoms with E-state index in [0.717, 1.165) is 11.4 Å². The summed E-state index contributed by atoms with van der Waals surface area (Å²) in [5.41, 5.74) is 1.14. The second-order valence-electron chi connectivity index (χ2n) is 2.46. The first-order valence-corrected chi connectivity index (χ1v) is 3.44. The molecule has 11 heavy (non-hydrogen) atoms. The van der Waals surface area contributed by atoms with Gasteiger partial charge in [0.15, 0.2) is 0 Å². The number of hydrogen-bond donors (Lipinski definition) is 1. The van der Waals surface area contributed by atoms with Gasteiger partial charge in [0.05, 0.1) is 6.20 Å². The third-order valence-corrected chi connectivity index (χ3v) is 1.28. The summed E-state index contributed by atoms with van der Waals surface area (Å²) in [6, 6.07) is 3.76. The highest BCUT2D eigenvalue weighted by molar-refractivity contribution is 5.86. The zero-order chi connectivity index (χ0) is 8.27. The number of anilines is 1. The number of amides is 1. The van der Waals surface area contributed by atoms with Crippen LogP contribution in [0.3, 0.4) is 0 Å². The van der Waals surface area contributed by atoms with Gasteiger partial charge in [-0.1, -0.05) is 0 Å². The van der Waals surface area contributed by atoms with Gasteiger partial charge in [-0.05, 0) is 18.6 Å². The summed E-state index contributed by atoms with van der Waals surface area (Å²) in [7, 11) is 0. The van der Waals surface area contributed by atoms with E-state index in [2.05, 4.69) is 10.3 Å². The van der Waals surface area contributed by atoms with Crippen molar-refractivity contribution >= 4 is 11.7 Å². The molecule has 0 aromatic carbocycles. The second kappa shape index (κ2) is 3.14. The van der Waals surface area contributed by atoms with Crippen molar-refractivity contribution in [3.8, 4) is 0 Å². The number of pyridine rings is 1. The van der Waals surface area contributed by atoms with E-state index < -0.39 is 0 Å². The molecule has 3 heteroatoms. The van der Waals surface area contributed by atoms with Crippen molar-refractivity contribution in [1.29, 1.82) is 0 Å². The molecule has 1 rings (SSSR count).